The van der Waals surface area contributed by atoms with Gasteiger partial charge in [0, 0.05) is 32.2 Å². The summed E-state index contributed by atoms with van der Waals surface area (Å²) >= 11 is 1.30. The van der Waals surface area contributed by atoms with Gasteiger partial charge in [-0.3, -0.25) is 4.79 Å². The molecular formula is C17H23N5O4S2. The highest BCUT2D eigenvalue weighted by atomic mass is 32.2. The molecule has 0 radical (unpaired) electrons. The number of hydrogen-bond donors (Lipinski definition) is 1. The Bertz CT molecular complexity index is 922. The zero-order chi connectivity index (χ0) is 20.1. The summed E-state index contributed by atoms with van der Waals surface area (Å²) in [5, 5.41) is 11.6. The maximum atomic E-state index is 12.6. The van der Waals surface area contributed by atoms with Gasteiger partial charge in [-0.2, -0.15) is 4.31 Å². The minimum absolute atomic E-state index is 0.184. The molecule has 1 aromatic heterocycles. The molecule has 1 aromatic carbocycles. The molecule has 1 aliphatic rings. The van der Waals surface area contributed by atoms with E-state index in [1.165, 1.54) is 28.2 Å². The fourth-order valence-electron chi connectivity index (χ4n) is 2.75. The number of aryl methyl sites for hydroxylation is 1. The molecule has 0 saturated carbocycles. The summed E-state index contributed by atoms with van der Waals surface area (Å²) in [5.74, 6) is 0.846. The van der Waals surface area contributed by atoms with Crippen LogP contribution in [0.4, 0.5) is 5.69 Å². The van der Waals surface area contributed by atoms with Crippen molar-refractivity contribution in [3.8, 4) is 0 Å². The standard InChI is InChI=1S/C17H23N5O4S2/c1-3-15-19-20-17(21(15)2)27-12-16(23)18-13-4-6-14(7-5-13)28(24,25)22-8-10-26-11-9-22/h4-7H,3,8-12H2,1-2H3,(H,18,23). The number of nitrogens with one attached hydrogen (secondary N) is 1. The Hall–Kier alpha value is -1.95. The molecule has 2 aromatic rings. The van der Waals surface area contributed by atoms with E-state index in [0.29, 0.717) is 37.1 Å². The predicted molar refractivity (Wildman–Crippen MR) is 106 cm³/mol. The lowest BCUT2D eigenvalue weighted by Gasteiger charge is -2.26. The number of ether oxygens (including phenoxy) is 1. The van der Waals surface area contributed by atoms with Crippen molar-refractivity contribution in [3.05, 3.63) is 30.1 Å². The van der Waals surface area contributed by atoms with E-state index in [2.05, 4.69) is 15.5 Å². The molecule has 1 amide bonds. The zero-order valence-electron chi connectivity index (χ0n) is 15.8. The van der Waals surface area contributed by atoms with Gasteiger partial charge < -0.3 is 14.6 Å². The molecule has 1 saturated heterocycles. The normalized spacial score (nSPS) is 15.5. The molecule has 11 heteroatoms. The number of amides is 1. The number of aromatic nitrogens is 3. The van der Waals surface area contributed by atoms with Crippen LogP contribution in [0.15, 0.2) is 34.3 Å². The average molecular weight is 426 g/mol. The highest BCUT2D eigenvalue weighted by molar-refractivity contribution is 7.99. The van der Waals surface area contributed by atoms with E-state index in [9.17, 15) is 13.2 Å². The van der Waals surface area contributed by atoms with Gasteiger partial charge in [-0.05, 0) is 24.3 Å². The molecule has 2 heterocycles. The van der Waals surface area contributed by atoms with Crippen LogP contribution in [0.5, 0.6) is 0 Å². The molecule has 0 unspecified atom stereocenters. The molecule has 28 heavy (non-hydrogen) atoms. The lowest BCUT2D eigenvalue weighted by Crippen LogP contribution is -2.40. The van der Waals surface area contributed by atoms with E-state index in [1.807, 2.05) is 18.5 Å². The minimum atomic E-state index is -3.54. The summed E-state index contributed by atoms with van der Waals surface area (Å²) in [6.07, 6.45) is 0.774. The molecule has 1 fully saturated rings. The number of nitrogens with zero attached hydrogens (tertiary/aromatic N) is 4. The average Bonchev–Trinajstić information content (AvgIpc) is 3.07. The highest BCUT2D eigenvalue weighted by Gasteiger charge is 2.26. The van der Waals surface area contributed by atoms with Crippen LogP contribution in [0.1, 0.15) is 12.7 Å². The molecular weight excluding hydrogens is 402 g/mol. The third kappa shape index (κ3) is 4.72. The summed E-state index contributed by atoms with van der Waals surface area (Å²) in [4.78, 5) is 12.4. The van der Waals surface area contributed by atoms with E-state index < -0.39 is 10.0 Å². The van der Waals surface area contributed by atoms with Crippen LogP contribution in [-0.2, 0) is 33.0 Å². The number of carbonyl (C=O) groups is 1. The number of sulfonamides is 1. The smallest absolute Gasteiger partial charge is 0.243 e. The monoisotopic (exact) mass is 425 g/mol. The first-order valence-corrected chi connectivity index (χ1v) is 11.3. The van der Waals surface area contributed by atoms with Gasteiger partial charge in [0.25, 0.3) is 0 Å². The van der Waals surface area contributed by atoms with Crippen LogP contribution in [0.2, 0.25) is 0 Å². The summed E-state index contributed by atoms with van der Waals surface area (Å²) in [5.41, 5.74) is 0.541. The number of benzene rings is 1. The third-order valence-corrected chi connectivity index (χ3v) is 7.25. The van der Waals surface area contributed by atoms with E-state index in [0.717, 1.165) is 12.2 Å². The molecule has 1 aliphatic heterocycles. The molecule has 0 spiro atoms. The van der Waals surface area contributed by atoms with Crippen LogP contribution in [-0.4, -0.2) is 65.5 Å². The number of hydrogen-bond acceptors (Lipinski definition) is 7. The lowest BCUT2D eigenvalue weighted by molar-refractivity contribution is -0.113. The SMILES string of the molecule is CCc1nnc(SCC(=O)Nc2ccc(S(=O)(=O)N3CCOCC3)cc2)n1C. The largest absolute Gasteiger partial charge is 0.379 e. The molecule has 3 rings (SSSR count). The van der Waals surface area contributed by atoms with Gasteiger partial charge in [0.15, 0.2) is 5.16 Å². The number of morpholine rings is 1. The molecule has 0 aliphatic carbocycles. The summed E-state index contributed by atoms with van der Waals surface area (Å²) in [6, 6.07) is 6.19. The Morgan fingerprint density at radius 2 is 1.89 bits per heavy atom. The lowest BCUT2D eigenvalue weighted by atomic mass is 10.3. The summed E-state index contributed by atoms with van der Waals surface area (Å²) < 4.78 is 33.7. The highest BCUT2D eigenvalue weighted by Crippen LogP contribution is 2.20. The van der Waals surface area contributed by atoms with Crippen molar-refractivity contribution in [2.24, 2.45) is 7.05 Å². The second-order valence-corrected chi connectivity index (χ2v) is 9.07. The number of carbonyl (C=O) groups excluding carboxylic acids is 1. The number of thioether (sulfide) groups is 1. The Labute approximate surface area is 168 Å². The molecule has 1 N–H and O–H groups in total. The van der Waals surface area contributed by atoms with Gasteiger partial charge in [-0.15, -0.1) is 10.2 Å². The first kappa shape index (κ1) is 20.8. The van der Waals surface area contributed by atoms with Gasteiger partial charge in [0.05, 0.1) is 23.9 Å². The second kappa shape index (κ2) is 9.03. The topological polar surface area (TPSA) is 106 Å². The third-order valence-electron chi connectivity index (χ3n) is 4.32. The molecule has 152 valence electrons. The van der Waals surface area contributed by atoms with E-state index in [4.69, 9.17) is 4.74 Å². The van der Waals surface area contributed by atoms with Crippen LogP contribution in [0, 0.1) is 0 Å². The van der Waals surface area contributed by atoms with E-state index >= 15 is 0 Å². The zero-order valence-corrected chi connectivity index (χ0v) is 17.4. The van der Waals surface area contributed by atoms with Crippen molar-refractivity contribution in [1.82, 2.24) is 19.1 Å². The van der Waals surface area contributed by atoms with E-state index in [-0.39, 0.29) is 16.6 Å². The quantitative estimate of drug-likeness (QED) is 0.663. The van der Waals surface area contributed by atoms with Crippen molar-refractivity contribution in [2.75, 3.05) is 37.4 Å². The van der Waals surface area contributed by atoms with Crippen LogP contribution >= 0.6 is 11.8 Å². The van der Waals surface area contributed by atoms with Crippen molar-refractivity contribution in [1.29, 1.82) is 0 Å². The fraction of sp³-hybridized carbons (Fsp3) is 0.471. The second-order valence-electron chi connectivity index (χ2n) is 6.19. The molecule has 0 bridgehead atoms. The van der Waals surface area contributed by atoms with Crippen molar-refractivity contribution in [3.63, 3.8) is 0 Å². The first-order valence-electron chi connectivity index (χ1n) is 8.90. The molecule has 0 atom stereocenters. The predicted octanol–water partition coefficient (Wildman–Crippen LogP) is 1.13. The maximum absolute atomic E-state index is 12.6. The number of rotatable bonds is 7. The van der Waals surface area contributed by atoms with Gasteiger partial charge >= 0.3 is 0 Å². The van der Waals surface area contributed by atoms with Gasteiger partial charge in [-0.25, -0.2) is 8.42 Å². The Morgan fingerprint density at radius 1 is 1.21 bits per heavy atom. The van der Waals surface area contributed by atoms with Crippen molar-refractivity contribution in [2.45, 2.75) is 23.4 Å². The maximum Gasteiger partial charge on any atom is 0.243 e. The van der Waals surface area contributed by atoms with Crippen LogP contribution in [0.25, 0.3) is 0 Å². The summed E-state index contributed by atoms with van der Waals surface area (Å²) in [7, 11) is -1.67. The molecule has 9 nitrogen and oxygen atoms in total. The fourth-order valence-corrected chi connectivity index (χ4v) is 4.89. The van der Waals surface area contributed by atoms with E-state index in [1.54, 1.807) is 12.1 Å². The van der Waals surface area contributed by atoms with Gasteiger partial charge in [0.2, 0.25) is 15.9 Å². The van der Waals surface area contributed by atoms with Crippen molar-refractivity contribution < 1.29 is 17.9 Å². The van der Waals surface area contributed by atoms with Crippen LogP contribution in [0.3, 0.4) is 0 Å². The van der Waals surface area contributed by atoms with Gasteiger partial charge in [0.1, 0.15) is 5.82 Å². The van der Waals surface area contributed by atoms with Crippen LogP contribution < -0.4 is 5.32 Å². The Morgan fingerprint density at radius 3 is 2.50 bits per heavy atom. The summed E-state index contributed by atoms with van der Waals surface area (Å²) in [6.45, 7) is 3.49. The van der Waals surface area contributed by atoms with Crippen molar-refractivity contribution >= 4 is 33.4 Å². The Kier molecular flexibility index (Phi) is 6.70. The minimum Gasteiger partial charge on any atom is -0.379 e. The Balaban J connectivity index is 1.57. The van der Waals surface area contributed by atoms with Gasteiger partial charge in [-0.1, -0.05) is 18.7 Å². The first-order chi connectivity index (χ1) is 13.4. The number of anilines is 1.